The van der Waals surface area contributed by atoms with Crippen LogP contribution in [0.15, 0.2) is 60.7 Å². The summed E-state index contributed by atoms with van der Waals surface area (Å²) < 4.78 is 56.1. The van der Waals surface area contributed by atoms with E-state index in [1.54, 1.807) is 36.4 Å². The van der Waals surface area contributed by atoms with E-state index in [1.807, 2.05) is 0 Å². The third-order valence-corrected chi connectivity index (χ3v) is 4.24. The first-order chi connectivity index (χ1) is 12.8. The first-order valence-corrected chi connectivity index (χ1v) is 8.13. The van der Waals surface area contributed by atoms with Gasteiger partial charge in [0.1, 0.15) is 5.82 Å². The van der Waals surface area contributed by atoms with Crippen LogP contribution < -0.4 is 0 Å². The molecule has 136 valence electrons. The second kappa shape index (κ2) is 6.19. The van der Waals surface area contributed by atoms with Crippen molar-refractivity contribution in [1.29, 1.82) is 0 Å². The Kier molecular flexibility index (Phi) is 3.95. The van der Waals surface area contributed by atoms with E-state index in [0.29, 0.717) is 11.3 Å². The van der Waals surface area contributed by atoms with Gasteiger partial charge in [0.15, 0.2) is 5.65 Å². The third-order valence-electron chi connectivity index (χ3n) is 4.24. The fourth-order valence-electron chi connectivity index (χ4n) is 3.06. The van der Waals surface area contributed by atoms with Crippen molar-refractivity contribution in [3.63, 3.8) is 0 Å². The molecule has 0 bridgehead atoms. The molecule has 0 aliphatic heterocycles. The molecule has 7 heteroatoms. The predicted molar refractivity (Wildman–Crippen MR) is 94.0 cm³/mol. The molecular weight excluding hydrogens is 358 g/mol. The van der Waals surface area contributed by atoms with Gasteiger partial charge in [-0.1, -0.05) is 36.4 Å². The molecule has 4 rings (SSSR count). The van der Waals surface area contributed by atoms with Crippen molar-refractivity contribution in [2.45, 2.75) is 13.1 Å². The summed E-state index contributed by atoms with van der Waals surface area (Å²) in [4.78, 5) is 4.42. The lowest BCUT2D eigenvalue weighted by Crippen LogP contribution is -2.08. The number of rotatable bonds is 2. The number of alkyl halides is 3. The topological polar surface area (TPSA) is 30.7 Å². The number of aryl methyl sites for hydroxylation is 1. The maximum atomic E-state index is 13.7. The monoisotopic (exact) mass is 371 g/mol. The predicted octanol–water partition coefficient (Wildman–Crippen LogP) is 5.55. The van der Waals surface area contributed by atoms with Gasteiger partial charge in [0.2, 0.25) is 0 Å². The summed E-state index contributed by atoms with van der Waals surface area (Å²) in [6.45, 7) is 1.48. The summed E-state index contributed by atoms with van der Waals surface area (Å²) in [7, 11) is 0. The molecule has 4 aromatic rings. The second-order valence-corrected chi connectivity index (χ2v) is 6.09. The van der Waals surface area contributed by atoms with E-state index in [9.17, 15) is 17.6 Å². The molecule has 2 heterocycles. The number of aromatic nitrogens is 3. The van der Waals surface area contributed by atoms with Gasteiger partial charge in [-0.2, -0.15) is 18.3 Å². The SMILES string of the molecule is Cc1nn(-c2cccc(F)c2)c2nc(-c3ccccc3)cc(C(F)(F)F)c12. The highest BCUT2D eigenvalue weighted by molar-refractivity contribution is 5.86. The second-order valence-electron chi connectivity index (χ2n) is 6.09. The lowest BCUT2D eigenvalue weighted by molar-refractivity contribution is -0.136. The van der Waals surface area contributed by atoms with Crippen molar-refractivity contribution in [2.24, 2.45) is 0 Å². The number of benzene rings is 2. The minimum atomic E-state index is -4.58. The van der Waals surface area contributed by atoms with Gasteiger partial charge in [0, 0.05) is 5.56 Å². The highest BCUT2D eigenvalue weighted by Crippen LogP contribution is 2.38. The summed E-state index contributed by atoms with van der Waals surface area (Å²) in [5, 5.41) is 4.11. The van der Waals surface area contributed by atoms with Gasteiger partial charge in [-0.3, -0.25) is 0 Å². The number of fused-ring (bicyclic) bond motifs is 1. The van der Waals surface area contributed by atoms with Gasteiger partial charge in [0.25, 0.3) is 0 Å². The zero-order chi connectivity index (χ0) is 19.2. The van der Waals surface area contributed by atoms with Gasteiger partial charge in [-0.25, -0.2) is 14.1 Å². The molecule has 0 unspecified atom stereocenters. The van der Waals surface area contributed by atoms with Crippen LogP contribution >= 0.6 is 0 Å². The van der Waals surface area contributed by atoms with E-state index >= 15 is 0 Å². The summed E-state index contributed by atoms with van der Waals surface area (Å²) in [5.74, 6) is -0.510. The number of hydrogen-bond donors (Lipinski definition) is 0. The molecular formula is C20H13F4N3. The fraction of sp³-hybridized carbons (Fsp3) is 0.100. The van der Waals surface area contributed by atoms with Gasteiger partial charge in [-0.05, 0) is 31.2 Å². The first-order valence-electron chi connectivity index (χ1n) is 8.13. The molecule has 3 nitrogen and oxygen atoms in total. The van der Waals surface area contributed by atoms with Crippen LogP contribution in [0, 0.1) is 12.7 Å². The van der Waals surface area contributed by atoms with Gasteiger partial charge in [-0.15, -0.1) is 0 Å². The molecule has 0 aliphatic carbocycles. The quantitative estimate of drug-likeness (QED) is 0.432. The van der Waals surface area contributed by atoms with Gasteiger partial charge < -0.3 is 0 Å². The van der Waals surface area contributed by atoms with E-state index in [2.05, 4.69) is 10.1 Å². The Morgan fingerprint density at radius 2 is 1.67 bits per heavy atom. The maximum Gasteiger partial charge on any atom is 0.417 e. The number of nitrogens with zero attached hydrogens (tertiary/aromatic N) is 3. The Hall–Kier alpha value is -3.22. The normalized spacial score (nSPS) is 11.9. The van der Waals surface area contributed by atoms with E-state index in [4.69, 9.17) is 0 Å². The number of pyridine rings is 1. The number of hydrogen-bond acceptors (Lipinski definition) is 2. The van der Waals surface area contributed by atoms with Crippen LogP contribution in [0.1, 0.15) is 11.3 Å². The highest BCUT2D eigenvalue weighted by atomic mass is 19.4. The van der Waals surface area contributed by atoms with Crippen LogP contribution in [-0.2, 0) is 6.18 Å². The van der Waals surface area contributed by atoms with E-state index < -0.39 is 17.6 Å². The number of halogens is 4. The van der Waals surface area contributed by atoms with Crippen LogP contribution in [0.4, 0.5) is 17.6 Å². The van der Waals surface area contributed by atoms with Crippen LogP contribution in [0.25, 0.3) is 28.0 Å². The Morgan fingerprint density at radius 1 is 0.926 bits per heavy atom. The van der Waals surface area contributed by atoms with E-state index in [0.717, 1.165) is 6.07 Å². The van der Waals surface area contributed by atoms with Gasteiger partial charge >= 0.3 is 6.18 Å². The smallest absolute Gasteiger partial charge is 0.228 e. The molecule has 0 N–H and O–H groups in total. The van der Waals surface area contributed by atoms with Crippen molar-refractivity contribution < 1.29 is 17.6 Å². The summed E-state index contributed by atoms with van der Waals surface area (Å²) in [6.07, 6.45) is -4.58. The van der Waals surface area contributed by atoms with Crippen molar-refractivity contribution >= 4 is 11.0 Å². The summed E-state index contributed by atoms with van der Waals surface area (Å²) in [5.41, 5.74) is 0.424. The van der Waals surface area contributed by atoms with E-state index in [1.165, 1.54) is 29.8 Å². The van der Waals surface area contributed by atoms with Gasteiger partial charge in [0.05, 0.1) is 28.0 Å². The molecule has 0 fully saturated rings. The van der Waals surface area contributed by atoms with Crippen LogP contribution in [0.2, 0.25) is 0 Å². The molecule has 0 spiro atoms. The summed E-state index contributed by atoms with van der Waals surface area (Å²) >= 11 is 0. The Labute approximate surface area is 151 Å². The molecule has 0 aliphatic rings. The molecule has 27 heavy (non-hydrogen) atoms. The van der Waals surface area contributed by atoms with Crippen LogP contribution in [0.3, 0.4) is 0 Å². The average Bonchev–Trinajstić information content (AvgIpc) is 2.98. The Morgan fingerprint density at radius 3 is 2.33 bits per heavy atom. The fourth-order valence-corrected chi connectivity index (χ4v) is 3.06. The molecule has 0 saturated heterocycles. The maximum absolute atomic E-state index is 13.7. The molecule has 2 aromatic heterocycles. The minimum Gasteiger partial charge on any atom is -0.228 e. The van der Waals surface area contributed by atoms with Crippen LogP contribution in [-0.4, -0.2) is 14.8 Å². The Bertz CT molecular complexity index is 1130. The van der Waals surface area contributed by atoms with Crippen molar-refractivity contribution in [2.75, 3.05) is 0 Å². The molecule has 0 atom stereocenters. The zero-order valence-corrected chi connectivity index (χ0v) is 14.1. The molecule has 2 aromatic carbocycles. The minimum absolute atomic E-state index is 0.0341. The average molecular weight is 371 g/mol. The Balaban J connectivity index is 2.08. The zero-order valence-electron chi connectivity index (χ0n) is 14.1. The summed E-state index contributed by atoms with van der Waals surface area (Å²) in [6, 6.07) is 15.1. The lowest BCUT2D eigenvalue weighted by atomic mass is 10.1. The lowest BCUT2D eigenvalue weighted by Gasteiger charge is -2.12. The van der Waals surface area contributed by atoms with Crippen LogP contribution in [0.5, 0.6) is 0 Å². The van der Waals surface area contributed by atoms with Crippen molar-refractivity contribution in [1.82, 2.24) is 14.8 Å². The first kappa shape index (κ1) is 17.2. The molecule has 0 radical (unpaired) electrons. The molecule has 0 amide bonds. The standard InChI is InChI=1S/C20H13F4N3/c1-12-18-16(20(22,23)24)11-17(13-6-3-2-4-7-13)25-19(18)27(26-12)15-9-5-8-14(21)10-15/h2-11H,1H3. The largest absolute Gasteiger partial charge is 0.417 e. The van der Waals surface area contributed by atoms with Crippen molar-refractivity contribution in [3.05, 3.63) is 77.7 Å². The van der Waals surface area contributed by atoms with E-state index in [-0.39, 0.29) is 22.4 Å². The molecule has 0 saturated carbocycles. The third kappa shape index (κ3) is 3.05. The highest BCUT2D eigenvalue weighted by Gasteiger charge is 2.35. The van der Waals surface area contributed by atoms with Crippen molar-refractivity contribution in [3.8, 4) is 16.9 Å².